The molecule has 10 heteroatoms. The van der Waals surface area contributed by atoms with E-state index in [1.54, 1.807) is 11.0 Å². The number of aryl methyl sites for hydroxylation is 1. The number of halogens is 1. The summed E-state index contributed by atoms with van der Waals surface area (Å²) >= 11 is 0. The van der Waals surface area contributed by atoms with Crippen molar-refractivity contribution in [1.82, 2.24) is 24.9 Å². The molecule has 3 aliphatic rings. The lowest BCUT2D eigenvalue weighted by molar-refractivity contribution is -0.143. The molecule has 0 unspecified atom stereocenters. The first kappa shape index (κ1) is 28.2. The molecule has 1 atom stereocenters. The Labute approximate surface area is 245 Å². The molecule has 4 amide bonds. The predicted molar refractivity (Wildman–Crippen MR) is 158 cm³/mol. The summed E-state index contributed by atoms with van der Waals surface area (Å²) < 4.78 is 14.1. The summed E-state index contributed by atoms with van der Waals surface area (Å²) in [4.78, 5) is 45.8. The van der Waals surface area contributed by atoms with Crippen LogP contribution in [-0.4, -0.2) is 68.4 Å². The Morgan fingerprint density at radius 2 is 1.83 bits per heavy atom. The van der Waals surface area contributed by atoms with E-state index in [-0.39, 0.29) is 47.3 Å². The minimum absolute atomic E-state index is 0.0101. The van der Waals surface area contributed by atoms with E-state index < -0.39 is 5.82 Å². The fraction of sp³-hybridized carbons (Fsp3) is 0.500. The van der Waals surface area contributed by atoms with Crippen molar-refractivity contribution in [3.63, 3.8) is 0 Å². The minimum atomic E-state index is -0.427. The van der Waals surface area contributed by atoms with Crippen molar-refractivity contribution in [2.45, 2.75) is 72.0 Å². The highest BCUT2D eigenvalue weighted by molar-refractivity contribution is 5.93. The number of nitrogens with one attached hydrogen (secondary N) is 2. The number of nitrogens with zero attached hydrogens (tertiary/aromatic N) is 4. The number of hydrogen-bond donors (Lipinski definition) is 2. The standard InChI is InChI=1S/C32H39FN6O3/c1-32(2,3)19-38-18-25-20(9-10-27-24(25)16-34-36-27)7-8-21(30(38)41)15-28(40)37-13-11-23(12-14-37)39-17-22-5-4-6-26(33)29(22)35-31(39)42/h4-6,9-10,16,21,23H,7-8,11-15,17-19H2,1-3H3,(H,34,36)(H,35,42)/t21-/m0/s1. The molecule has 9 nitrogen and oxygen atoms in total. The van der Waals surface area contributed by atoms with Gasteiger partial charge in [-0.15, -0.1) is 0 Å². The van der Waals surface area contributed by atoms with E-state index in [4.69, 9.17) is 0 Å². The normalized spacial score (nSPS) is 20.2. The highest BCUT2D eigenvalue weighted by Gasteiger charge is 2.36. The van der Waals surface area contributed by atoms with E-state index in [1.807, 2.05) is 28.1 Å². The first-order valence-corrected chi connectivity index (χ1v) is 14.9. The van der Waals surface area contributed by atoms with Gasteiger partial charge in [-0.05, 0) is 59.9 Å². The molecule has 0 spiro atoms. The van der Waals surface area contributed by atoms with Crippen LogP contribution in [0, 0.1) is 17.2 Å². The third-order valence-corrected chi connectivity index (χ3v) is 8.88. The summed E-state index contributed by atoms with van der Waals surface area (Å²) in [7, 11) is 0. The first-order valence-electron chi connectivity index (χ1n) is 14.9. The molecule has 2 aromatic carbocycles. The van der Waals surface area contributed by atoms with Crippen LogP contribution < -0.4 is 5.32 Å². The number of benzene rings is 2. The molecule has 3 aromatic rings. The zero-order valence-electron chi connectivity index (χ0n) is 24.6. The van der Waals surface area contributed by atoms with Crippen molar-refractivity contribution >= 4 is 34.4 Å². The summed E-state index contributed by atoms with van der Waals surface area (Å²) in [5.74, 6) is -0.784. The molecule has 3 aliphatic heterocycles. The Kier molecular flexibility index (Phi) is 7.41. The van der Waals surface area contributed by atoms with Crippen LogP contribution in [0.15, 0.2) is 36.5 Å². The molecule has 4 heterocycles. The van der Waals surface area contributed by atoms with Crippen LogP contribution in [0.3, 0.4) is 0 Å². The van der Waals surface area contributed by atoms with E-state index in [1.165, 1.54) is 11.6 Å². The molecular weight excluding hydrogens is 535 g/mol. The number of para-hydroxylation sites is 1. The number of H-pyrrole nitrogens is 1. The van der Waals surface area contributed by atoms with Crippen LogP contribution in [0.5, 0.6) is 0 Å². The average molecular weight is 575 g/mol. The van der Waals surface area contributed by atoms with Crippen LogP contribution in [0.1, 0.15) is 63.1 Å². The van der Waals surface area contributed by atoms with Gasteiger partial charge < -0.3 is 20.0 Å². The van der Waals surface area contributed by atoms with E-state index in [2.05, 4.69) is 42.4 Å². The van der Waals surface area contributed by atoms with E-state index in [0.29, 0.717) is 52.0 Å². The molecule has 2 N–H and O–H groups in total. The Hall–Kier alpha value is -3.95. The van der Waals surface area contributed by atoms with Gasteiger partial charge in [-0.25, -0.2) is 9.18 Å². The quantitative estimate of drug-likeness (QED) is 0.454. The molecule has 6 rings (SSSR count). The van der Waals surface area contributed by atoms with Gasteiger partial charge in [0.25, 0.3) is 0 Å². The maximum atomic E-state index is 14.1. The number of aromatic amines is 1. The van der Waals surface area contributed by atoms with Gasteiger partial charge in [0.05, 0.1) is 17.4 Å². The van der Waals surface area contributed by atoms with E-state index in [0.717, 1.165) is 28.5 Å². The van der Waals surface area contributed by atoms with Gasteiger partial charge in [0.2, 0.25) is 11.8 Å². The molecule has 1 fully saturated rings. The molecule has 1 saturated heterocycles. The lowest BCUT2D eigenvalue weighted by atomic mass is 9.87. The third kappa shape index (κ3) is 5.58. The molecule has 0 aliphatic carbocycles. The number of likely N-dealkylation sites (tertiary alicyclic amines) is 1. The predicted octanol–water partition coefficient (Wildman–Crippen LogP) is 5.07. The fourth-order valence-electron chi connectivity index (χ4n) is 6.75. The summed E-state index contributed by atoms with van der Waals surface area (Å²) in [6.07, 6.45) is 4.66. The molecule has 0 saturated carbocycles. The van der Waals surface area contributed by atoms with Gasteiger partial charge in [0.1, 0.15) is 5.82 Å². The van der Waals surface area contributed by atoms with Crippen molar-refractivity contribution < 1.29 is 18.8 Å². The minimum Gasteiger partial charge on any atom is -0.343 e. The molecular formula is C32H39FN6O3. The number of piperidine rings is 1. The zero-order chi connectivity index (χ0) is 29.6. The number of fused-ring (bicyclic) bond motifs is 4. The number of urea groups is 1. The smallest absolute Gasteiger partial charge is 0.322 e. The van der Waals surface area contributed by atoms with Gasteiger partial charge in [-0.3, -0.25) is 14.7 Å². The zero-order valence-corrected chi connectivity index (χ0v) is 24.6. The Morgan fingerprint density at radius 1 is 1.05 bits per heavy atom. The second-order valence-electron chi connectivity index (χ2n) is 13.2. The molecule has 1 aromatic heterocycles. The summed E-state index contributed by atoms with van der Waals surface area (Å²) in [5.41, 5.74) is 4.22. The lowest BCUT2D eigenvalue weighted by Gasteiger charge is -2.41. The van der Waals surface area contributed by atoms with E-state index >= 15 is 0 Å². The summed E-state index contributed by atoms with van der Waals surface area (Å²) in [6, 6.07) is 8.65. The van der Waals surface area contributed by atoms with Crippen LogP contribution in [0.2, 0.25) is 0 Å². The number of hydrogen-bond acceptors (Lipinski definition) is 4. The summed E-state index contributed by atoms with van der Waals surface area (Å²) in [5, 5.41) is 11.0. The van der Waals surface area contributed by atoms with Gasteiger partial charge >= 0.3 is 6.03 Å². The lowest BCUT2D eigenvalue weighted by Crippen LogP contribution is -2.51. The highest BCUT2D eigenvalue weighted by atomic mass is 19.1. The third-order valence-electron chi connectivity index (χ3n) is 8.88. The van der Waals surface area contributed by atoms with Crippen LogP contribution >= 0.6 is 0 Å². The number of carbonyl (C=O) groups excluding carboxylic acids is 3. The molecule has 42 heavy (non-hydrogen) atoms. The molecule has 222 valence electrons. The number of rotatable bonds is 4. The molecule has 0 radical (unpaired) electrons. The van der Waals surface area contributed by atoms with Crippen LogP contribution in [0.25, 0.3) is 10.9 Å². The molecule has 0 bridgehead atoms. The fourth-order valence-corrected chi connectivity index (χ4v) is 6.75. The maximum absolute atomic E-state index is 14.1. The number of anilines is 1. The topological polar surface area (TPSA) is 102 Å². The van der Waals surface area contributed by atoms with Crippen LogP contribution in [0.4, 0.5) is 14.9 Å². The average Bonchev–Trinajstić information content (AvgIpc) is 3.43. The Morgan fingerprint density at radius 3 is 2.60 bits per heavy atom. The number of carbonyl (C=O) groups is 3. The Bertz CT molecular complexity index is 1520. The van der Waals surface area contributed by atoms with Crippen molar-refractivity contribution in [3.8, 4) is 0 Å². The van der Waals surface area contributed by atoms with Crippen molar-refractivity contribution in [1.29, 1.82) is 0 Å². The van der Waals surface area contributed by atoms with Gasteiger partial charge in [0.15, 0.2) is 0 Å². The maximum Gasteiger partial charge on any atom is 0.322 e. The summed E-state index contributed by atoms with van der Waals surface area (Å²) in [6.45, 7) is 8.88. The monoisotopic (exact) mass is 574 g/mol. The van der Waals surface area contributed by atoms with Gasteiger partial charge in [-0.2, -0.15) is 5.10 Å². The van der Waals surface area contributed by atoms with E-state index in [9.17, 15) is 18.8 Å². The van der Waals surface area contributed by atoms with Gasteiger partial charge in [-0.1, -0.05) is 39.0 Å². The first-order chi connectivity index (χ1) is 20.1. The van der Waals surface area contributed by atoms with Crippen LogP contribution in [-0.2, 0) is 29.1 Å². The van der Waals surface area contributed by atoms with Crippen molar-refractivity contribution in [2.75, 3.05) is 25.0 Å². The second kappa shape index (κ2) is 11.0. The number of aromatic nitrogens is 2. The number of amides is 4. The Balaban J connectivity index is 1.13. The van der Waals surface area contributed by atoms with Crippen molar-refractivity contribution in [3.05, 3.63) is 59.0 Å². The SMILES string of the molecule is CC(C)(C)CN1Cc2c(ccc3[nH]ncc23)CC[C@@H](CC(=O)N2CCC(N3Cc4cccc(F)c4NC3=O)CC2)C1=O. The highest BCUT2D eigenvalue weighted by Crippen LogP contribution is 2.33. The second-order valence-corrected chi connectivity index (χ2v) is 13.2. The largest absolute Gasteiger partial charge is 0.343 e. The van der Waals surface area contributed by atoms with Gasteiger partial charge in [0, 0.05) is 56.5 Å². The van der Waals surface area contributed by atoms with Crippen molar-refractivity contribution in [2.24, 2.45) is 11.3 Å².